The topological polar surface area (TPSA) is 102 Å². The molecule has 1 heterocycles. The van der Waals surface area contributed by atoms with Crippen LogP contribution in [0.1, 0.15) is 17.9 Å². The Morgan fingerprint density at radius 3 is 2.92 bits per heavy atom. The Morgan fingerprint density at radius 1 is 1.42 bits per heavy atom. The van der Waals surface area contributed by atoms with Gasteiger partial charge in [0.15, 0.2) is 0 Å². The maximum atomic E-state index is 12.1. The van der Waals surface area contributed by atoms with Crippen LogP contribution in [-0.2, 0) is 11.8 Å². The van der Waals surface area contributed by atoms with Crippen molar-refractivity contribution in [3.63, 3.8) is 0 Å². The summed E-state index contributed by atoms with van der Waals surface area (Å²) in [4.78, 5) is 22.6. The van der Waals surface area contributed by atoms with Gasteiger partial charge < -0.3 is 10.6 Å². The fourth-order valence-electron chi connectivity index (χ4n) is 2.78. The Labute approximate surface area is 139 Å². The average molecular weight is 329 g/mol. The van der Waals surface area contributed by atoms with Crippen LogP contribution in [0.3, 0.4) is 0 Å². The van der Waals surface area contributed by atoms with Gasteiger partial charge in [0.2, 0.25) is 5.91 Å². The first-order chi connectivity index (χ1) is 11.6. The first-order valence-corrected chi connectivity index (χ1v) is 7.80. The molecule has 8 heteroatoms. The van der Waals surface area contributed by atoms with Crippen molar-refractivity contribution < 1.29 is 9.72 Å². The zero-order chi connectivity index (χ0) is 17.1. The van der Waals surface area contributed by atoms with E-state index in [1.54, 1.807) is 29.1 Å². The SMILES string of the molecule is Cn1cc([C@H]2C[C@H]2C(=O)NCCNc2ccccc2[N+](=O)[O-])cn1. The van der Waals surface area contributed by atoms with E-state index in [1.807, 2.05) is 13.2 Å². The summed E-state index contributed by atoms with van der Waals surface area (Å²) >= 11 is 0. The molecule has 2 atom stereocenters. The van der Waals surface area contributed by atoms with Crippen LogP contribution >= 0.6 is 0 Å². The molecular weight excluding hydrogens is 310 g/mol. The number of nitrogens with one attached hydrogen (secondary N) is 2. The third kappa shape index (κ3) is 3.53. The number of nitrogens with zero attached hydrogens (tertiary/aromatic N) is 3. The first kappa shape index (κ1) is 16.0. The highest BCUT2D eigenvalue weighted by atomic mass is 16.6. The second kappa shape index (κ2) is 6.69. The van der Waals surface area contributed by atoms with Crippen LogP contribution in [0.5, 0.6) is 0 Å². The van der Waals surface area contributed by atoms with Gasteiger partial charge in [-0.05, 0) is 24.0 Å². The minimum Gasteiger partial charge on any atom is -0.378 e. The van der Waals surface area contributed by atoms with E-state index in [0.717, 1.165) is 12.0 Å². The van der Waals surface area contributed by atoms with Gasteiger partial charge in [-0.2, -0.15) is 5.10 Å². The van der Waals surface area contributed by atoms with Crippen molar-refractivity contribution in [2.75, 3.05) is 18.4 Å². The van der Waals surface area contributed by atoms with Gasteiger partial charge >= 0.3 is 0 Å². The summed E-state index contributed by atoms with van der Waals surface area (Å²) in [5, 5.41) is 20.9. The normalized spacial score (nSPS) is 18.9. The number of amides is 1. The minimum absolute atomic E-state index is 0.000242. The summed E-state index contributed by atoms with van der Waals surface area (Å²) in [7, 11) is 1.86. The second-order valence-electron chi connectivity index (χ2n) is 5.89. The molecule has 1 aliphatic rings. The van der Waals surface area contributed by atoms with Crippen molar-refractivity contribution in [2.45, 2.75) is 12.3 Å². The molecule has 2 N–H and O–H groups in total. The van der Waals surface area contributed by atoms with Crippen molar-refractivity contribution in [2.24, 2.45) is 13.0 Å². The molecule has 0 radical (unpaired) electrons. The Bertz CT molecular complexity index is 758. The van der Waals surface area contributed by atoms with E-state index in [1.165, 1.54) is 6.07 Å². The van der Waals surface area contributed by atoms with Gasteiger partial charge in [0, 0.05) is 38.3 Å². The van der Waals surface area contributed by atoms with Crippen molar-refractivity contribution >= 4 is 17.3 Å². The average Bonchev–Trinajstić information content (AvgIpc) is 3.26. The molecule has 0 unspecified atom stereocenters. The predicted molar refractivity (Wildman–Crippen MR) is 88.7 cm³/mol. The minimum atomic E-state index is -0.427. The Morgan fingerprint density at radius 2 is 2.21 bits per heavy atom. The monoisotopic (exact) mass is 329 g/mol. The lowest BCUT2D eigenvalue weighted by molar-refractivity contribution is -0.384. The number of hydrogen-bond acceptors (Lipinski definition) is 5. The van der Waals surface area contributed by atoms with Crippen molar-refractivity contribution in [3.8, 4) is 0 Å². The number of anilines is 1. The molecule has 1 fully saturated rings. The summed E-state index contributed by atoms with van der Waals surface area (Å²) < 4.78 is 1.74. The number of benzene rings is 1. The van der Waals surface area contributed by atoms with Gasteiger partial charge in [-0.15, -0.1) is 0 Å². The largest absolute Gasteiger partial charge is 0.378 e. The van der Waals surface area contributed by atoms with Gasteiger partial charge in [-0.3, -0.25) is 19.6 Å². The van der Waals surface area contributed by atoms with Crippen LogP contribution in [0.25, 0.3) is 0 Å². The molecule has 1 aromatic carbocycles. The van der Waals surface area contributed by atoms with Crippen LogP contribution in [-0.4, -0.2) is 33.7 Å². The fraction of sp³-hybridized carbons (Fsp3) is 0.375. The molecule has 0 spiro atoms. The van der Waals surface area contributed by atoms with Crippen LogP contribution in [0.2, 0.25) is 0 Å². The third-order valence-electron chi connectivity index (χ3n) is 4.12. The van der Waals surface area contributed by atoms with Gasteiger partial charge in [0.25, 0.3) is 5.69 Å². The lowest BCUT2D eigenvalue weighted by atomic mass is 10.2. The first-order valence-electron chi connectivity index (χ1n) is 7.80. The Balaban J connectivity index is 1.43. The molecular formula is C16H19N5O3. The number of carbonyl (C=O) groups excluding carboxylic acids is 1. The number of para-hydroxylation sites is 2. The van der Waals surface area contributed by atoms with Gasteiger partial charge in [0.1, 0.15) is 5.69 Å². The van der Waals surface area contributed by atoms with E-state index in [0.29, 0.717) is 18.8 Å². The Hall–Kier alpha value is -2.90. The maximum absolute atomic E-state index is 12.1. The zero-order valence-electron chi connectivity index (χ0n) is 13.3. The Kier molecular flexibility index (Phi) is 4.45. The quantitative estimate of drug-likeness (QED) is 0.457. The molecule has 24 heavy (non-hydrogen) atoms. The molecule has 1 aromatic heterocycles. The number of hydrogen-bond donors (Lipinski definition) is 2. The molecule has 1 amide bonds. The molecule has 1 aliphatic carbocycles. The van der Waals surface area contributed by atoms with Crippen molar-refractivity contribution in [1.29, 1.82) is 0 Å². The standard InChI is InChI=1S/C16H19N5O3/c1-20-10-11(9-19-20)12-8-13(12)16(22)18-7-6-17-14-4-2-3-5-15(14)21(23)24/h2-5,9-10,12-13,17H,6-8H2,1H3,(H,18,22)/t12-,13-/m1/s1. The van der Waals surface area contributed by atoms with E-state index >= 15 is 0 Å². The van der Waals surface area contributed by atoms with Crippen LogP contribution in [0, 0.1) is 16.0 Å². The van der Waals surface area contributed by atoms with Crippen LogP contribution < -0.4 is 10.6 Å². The highest BCUT2D eigenvalue weighted by Gasteiger charge is 2.44. The highest BCUT2D eigenvalue weighted by Crippen LogP contribution is 2.47. The summed E-state index contributed by atoms with van der Waals surface area (Å²) in [5.74, 6) is 0.273. The molecule has 2 aromatic rings. The van der Waals surface area contributed by atoms with Crippen molar-refractivity contribution in [1.82, 2.24) is 15.1 Å². The highest BCUT2D eigenvalue weighted by molar-refractivity contribution is 5.82. The number of rotatable bonds is 7. The van der Waals surface area contributed by atoms with E-state index in [-0.39, 0.29) is 23.4 Å². The molecule has 126 valence electrons. The van der Waals surface area contributed by atoms with E-state index in [9.17, 15) is 14.9 Å². The molecule has 0 bridgehead atoms. The second-order valence-corrected chi connectivity index (χ2v) is 5.89. The lowest BCUT2D eigenvalue weighted by Gasteiger charge is -2.08. The summed E-state index contributed by atoms with van der Waals surface area (Å²) in [6.07, 6.45) is 4.58. The summed E-state index contributed by atoms with van der Waals surface area (Å²) in [6.45, 7) is 0.849. The number of nitro benzene ring substituents is 1. The van der Waals surface area contributed by atoms with Crippen molar-refractivity contribution in [3.05, 3.63) is 52.3 Å². The maximum Gasteiger partial charge on any atom is 0.292 e. The summed E-state index contributed by atoms with van der Waals surface area (Å²) in [6, 6.07) is 6.45. The number of aryl methyl sites for hydroxylation is 1. The third-order valence-corrected chi connectivity index (χ3v) is 4.12. The van der Waals surface area contributed by atoms with Gasteiger partial charge in [-0.1, -0.05) is 12.1 Å². The van der Waals surface area contributed by atoms with E-state index in [4.69, 9.17) is 0 Å². The smallest absolute Gasteiger partial charge is 0.292 e. The van der Waals surface area contributed by atoms with E-state index in [2.05, 4.69) is 15.7 Å². The number of nitro groups is 1. The lowest BCUT2D eigenvalue weighted by Crippen LogP contribution is -2.30. The summed E-state index contributed by atoms with van der Waals surface area (Å²) in [5.41, 5.74) is 1.58. The fourth-order valence-corrected chi connectivity index (χ4v) is 2.78. The molecule has 3 rings (SSSR count). The van der Waals surface area contributed by atoms with Crippen LogP contribution in [0.4, 0.5) is 11.4 Å². The van der Waals surface area contributed by atoms with Gasteiger partial charge in [0.05, 0.1) is 11.1 Å². The van der Waals surface area contributed by atoms with Crippen LogP contribution in [0.15, 0.2) is 36.7 Å². The number of carbonyl (C=O) groups is 1. The molecule has 8 nitrogen and oxygen atoms in total. The van der Waals surface area contributed by atoms with E-state index < -0.39 is 4.92 Å². The molecule has 0 aliphatic heterocycles. The molecule has 1 saturated carbocycles. The molecule has 0 saturated heterocycles. The number of aromatic nitrogens is 2. The zero-order valence-corrected chi connectivity index (χ0v) is 13.3. The van der Waals surface area contributed by atoms with Gasteiger partial charge in [-0.25, -0.2) is 0 Å². The predicted octanol–water partition coefficient (Wildman–Crippen LogP) is 1.66.